The molecule has 5 heteroatoms. The van der Waals surface area contributed by atoms with Gasteiger partial charge in [0.25, 0.3) is 5.91 Å². The largest absolute Gasteiger partial charge is 0.484 e. The number of hydrogen-bond acceptors (Lipinski definition) is 4. The smallest absolute Gasteiger partial charge is 0.260 e. The summed E-state index contributed by atoms with van der Waals surface area (Å²) < 4.78 is 11.1. The van der Waals surface area contributed by atoms with Crippen LogP contribution in [0.4, 0.5) is 0 Å². The monoisotopic (exact) mass is 345 g/mol. The maximum atomic E-state index is 12.7. The highest BCUT2D eigenvalue weighted by Crippen LogP contribution is 2.18. The first-order valence-corrected chi connectivity index (χ1v) is 9.28. The zero-order valence-electron chi connectivity index (χ0n) is 13.7. The van der Waals surface area contributed by atoms with E-state index in [4.69, 9.17) is 9.47 Å². The molecular weight excluding hydrogens is 322 g/mol. The van der Waals surface area contributed by atoms with Gasteiger partial charge in [0.15, 0.2) is 6.61 Å². The summed E-state index contributed by atoms with van der Waals surface area (Å²) in [5.41, 5.74) is 0. The fourth-order valence-electron chi connectivity index (χ4n) is 2.94. The van der Waals surface area contributed by atoms with Crippen LogP contribution in [-0.4, -0.2) is 43.2 Å². The molecule has 0 saturated carbocycles. The van der Waals surface area contributed by atoms with E-state index in [0.29, 0.717) is 0 Å². The Hall–Kier alpha value is -1.85. The lowest BCUT2D eigenvalue weighted by molar-refractivity contribution is -0.137. The normalized spacial score (nSPS) is 15.2. The van der Waals surface area contributed by atoms with Crippen LogP contribution >= 0.6 is 11.3 Å². The van der Waals surface area contributed by atoms with Crippen molar-refractivity contribution in [1.82, 2.24) is 4.90 Å². The molecule has 0 aliphatic carbocycles. The molecule has 1 aromatic heterocycles. The summed E-state index contributed by atoms with van der Waals surface area (Å²) in [5.74, 6) is 0.790. The zero-order valence-corrected chi connectivity index (χ0v) is 14.5. The average Bonchev–Trinajstić information content (AvgIpc) is 3.15. The van der Waals surface area contributed by atoms with Gasteiger partial charge in [-0.3, -0.25) is 4.79 Å². The van der Waals surface area contributed by atoms with Crippen molar-refractivity contribution in [3.63, 3.8) is 0 Å². The van der Waals surface area contributed by atoms with E-state index in [-0.39, 0.29) is 18.6 Å². The Morgan fingerprint density at radius 1 is 1.17 bits per heavy atom. The molecule has 3 rings (SSSR count). The highest BCUT2D eigenvalue weighted by atomic mass is 32.1. The molecule has 128 valence electrons. The van der Waals surface area contributed by atoms with E-state index in [1.165, 1.54) is 4.88 Å². The minimum absolute atomic E-state index is 0.0577. The Balaban J connectivity index is 1.59. The number of carbonyl (C=O) groups excluding carboxylic acids is 1. The molecule has 2 aromatic rings. The van der Waals surface area contributed by atoms with Gasteiger partial charge in [0.2, 0.25) is 0 Å². The van der Waals surface area contributed by atoms with E-state index < -0.39 is 0 Å². The Kier molecular flexibility index (Phi) is 6.26. The van der Waals surface area contributed by atoms with E-state index in [0.717, 1.165) is 44.8 Å². The van der Waals surface area contributed by atoms with Crippen LogP contribution in [0.25, 0.3) is 0 Å². The van der Waals surface area contributed by atoms with Gasteiger partial charge in [-0.05, 0) is 42.8 Å². The molecule has 1 amide bonds. The topological polar surface area (TPSA) is 38.8 Å². The van der Waals surface area contributed by atoms with Crippen LogP contribution in [0.1, 0.15) is 17.7 Å². The minimum Gasteiger partial charge on any atom is -0.484 e. The first kappa shape index (κ1) is 17.0. The molecule has 0 unspecified atom stereocenters. The van der Waals surface area contributed by atoms with Gasteiger partial charge >= 0.3 is 0 Å². The maximum absolute atomic E-state index is 12.7. The van der Waals surface area contributed by atoms with Gasteiger partial charge in [0, 0.05) is 30.7 Å². The van der Waals surface area contributed by atoms with Crippen LogP contribution in [0.2, 0.25) is 0 Å². The van der Waals surface area contributed by atoms with E-state index in [9.17, 15) is 4.79 Å². The lowest BCUT2D eigenvalue weighted by Crippen LogP contribution is -2.46. The fraction of sp³-hybridized carbons (Fsp3) is 0.421. The molecule has 24 heavy (non-hydrogen) atoms. The third kappa shape index (κ3) is 4.82. The lowest BCUT2D eigenvalue weighted by Gasteiger charge is -2.34. The van der Waals surface area contributed by atoms with Gasteiger partial charge in [-0.15, -0.1) is 11.3 Å². The molecular formula is C19H23NO3S. The second kappa shape index (κ2) is 8.85. The number of rotatable bonds is 7. The van der Waals surface area contributed by atoms with Crippen LogP contribution in [-0.2, 0) is 16.0 Å². The summed E-state index contributed by atoms with van der Waals surface area (Å²) in [6.45, 7) is 2.29. The Labute approximate surface area is 147 Å². The van der Waals surface area contributed by atoms with Crippen molar-refractivity contribution in [2.75, 3.05) is 26.4 Å². The molecule has 0 atom stereocenters. The van der Waals surface area contributed by atoms with Crippen LogP contribution in [0, 0.1) is 0 Å². The molecule has 1 aliphatic rings. The van der Waals surface area contributed by atoms with Gasteiger partial charge in [0.1, 0.15) is 5.75 Å². The number of ether oxygens (including phenoxy) is 2. The lowest BCUT2D eigenvalue weighted by atomic mass is 10.1. The molecule has 0 N–H and O–H groups in total. The number of hydrogen-bond donors (Lipinski definition) is 0. The van der Waals surface area contributed by atoms with Gasteiger partial charge in [-0.25, -0.2) is 0 Å². The third-order valence-electron chi connectivity index (χ3n) is 4.24. The number of carbonyl (C=O) groups is 1. The SMILES string of the molecule is O=C(COc1ccccc1)N(CCc1cccs1)C1CCOCC1. The first-order valence-electron chi connectivity index (χ1n) is 8.40. The predicted octanol–water partition coefficient (Wildman–Crippen LogP) is 3.38. The Bertz CT molecular complexity index is 609. The van der Waals surface area contributed by atoms with Crippen molar-refractivity contribution in [2.24, 2.45) is 0 Å². The van der Waals surface area contributed by atoms with E-state index >= 15 is 0 Å². The van der Waals surface area contributed by atoms with Crippen molar-refractivity contribution >= 4 is 17.2 Å². The number of thiophene rings is 1. The van der Waals surface area contributed by atoms with Gasteiger partial charge in [0.05, 0.1) is 0 Å². The number of benzene rings is 1. The molecule has 0 spiro atoms. The molecule has 0 bridgehead atoms. The molecule has 1 aromatic carbocycles. The standard InChI is InChI=1S/C19H23NO3S/c21-19(15-23-17-5-2-1-3-6-17)20(16-9-12-22-13-10-16)11-8-18-7-4-14-24-18/h1-7,14,16H,8-13,15H2. The van der Waals surface area contributed by atoms with E-state index in [2.05, 4.69) is 17.5 Å². The molecule has 4 nitrogen and oxygen atoms in total. The molecule has 2 heterocycles. The van der Waals surface area contributed by atoms with Crippen molar-refractivity contribution < 1.29 is 14.3 Å². The number of nitrogens with zero attached hydrogens (tertiary/aromatic N) is 1. The van der Waals surface area contributed by atoms with Crippen LogP contribution in [0.15, 0.2) is 47.8 Å². The highest BCUT2D eigenvalue weighted by molar-refractivity contribution is 7.09. The first-order chi connectivity index (χ1) is 11.8. The molecule has 1 aliphatic heterocycles. The molecule has 1 saturated heterocycles. The number of para-hydroxylation sites is 1. The van der Waals surface area contributed by atoms with Crippen LogP contribution in [0.5, 0.6) is 5.75 Å². The van der Waals surface area contributed by atoms with Crippen molar-refractivity contribution in [3.8, 4) is 5.75 Å². The minimum atomic E-state index is 0.0577. The van der Waals surface area contributed by atoms with E-state index in [1.54, 1.807) is 11.3 Å². The summed E-state index contributed by atoms with van der Waals surface area (Å²) in [6, 6.07) is 13.9. The Morgan fingerprint density at radius 2 is 1.96 bits per heavy atom. The summed E-state index contributed by atoms with van der Waals surface area (Å²) in [7, 11) is 0. The summed E-state index contributed by atoms with van der Waals surface area (Å²) >= 11 is 1.74. The maximum Gasteiger partial charge on any atom is 0.260 e. The average molecular weight is 345 g/mol. The second-order valence-corrected chi connectivity index (χ2v) is 6.89. The predicted molar refractivity (Wildman–Crippen MR) is 95.5 cm³/mol. The van der Waals surface area contributed by atoms with E-state index in [1.807, 2.05) is 35.2 Å². The van der Waals surface area contributed by atoms with Crippen LogP contribution in [0.3, 0.4) is 0 Å². The van der Waals surface area contributed by atoms with Gasteiger partial charge < -0.3 is 14.4 Å². The highest BCUT2D eigenvalue weighted by Gasteiger charge is 2.25. The molecule has 0 radical (unpaired) electrons. The zero-order chi connectivity index (χ0) is 16.6. The van der Waals surface area contributed by atoms with Crippen molar-refractivity contribution in [2.45, 2.75) is 25.3 Å². The molecule has 1 fully saturated rings. The Morgan fingerprint density at radius 3 is 2.67 bits per heavy atom. The summed E-state index contributed by atoms with van der Waals surface area (Å²) in [4.78, 5) is 16.0. The van der Waals surface area contributed by atoms with Gasteiger partial charge in [-0.1, -0.05) is 24.3 Å². The fourth-order valence-corrected chi connectivity index (χ4v) is 3.64. The van der Waals surface area contributed by atoms with Crippen LogP contribution < -0.4 is 4.74 Å². The number of amides is 1. The second-order valence-electron chi connectivity index (χ2n) is 5.86. The summed E-state index contributed by atoms with van der Waals surface area (Å²) in [6.07, 6.45) is 2.70. The quantitative estimate of drug-likeness (QED) is 0.772. The van der Waals surface area contributed by atoms with Gasteiger partial charge in [-0.2, -0.15) is 0 Å². The summed E-state index contributed by atoms with van der Waals surface area (Å²) in [5, 5.41) is 2.08. The van der Waals surface area contributed by atoms with Crippen molar-refractivity contribution in [3.05, 3.63) is 52.7 Å². The third-order valence-corrected chi connectivity index (χ3v) is 5.17. The van der Waals surface area contributed by atoms with Crippen molar-refractivity contribution in [1.29, 1.82) is 0 Å².